The minimum atomic E-state index is -0.701. The first-order chi connectivity index (χ1) is 8.10. The Hall–Kier alpha value is -0.480. The maximum Gasteiger partial charge on any atom is 0.303 e. The average Bonchev–Trinajstić information content (AvgIpc) is 3.08. The van der Waals surface area contributed by atoms with E-state index in [1.807, 2.05) is 6.26 Å². The smallest absolute Gasteiger partial charge is 0.303 e. The second-order valence-electron chi connectivity index (χ2n) is 4.47. The van der Waals surface area contributed by atoms with Crippen LogP contribution in [0.15, 0.2) is 27.6 Å². The van der Waals surface area contributed by atoms with Gasteiger partial charge in [-0.3, -0.25) is 4.79 Å². The van der Waals surface area contributed by atoms with Crippen LogP contribution in [0.5, 0.6) is 0 Å². The van der Waals surface area contributed by atoms with E-state index in [2.05, 4.69) is 34.1 Å². The highest BCUT2D eigenvalue weighted by atomic mass is 79.9. The van der Waals surface area contributed by atoms with E-state index in [1.165, 1.54) is 17.7 Å². The predicted octanol–water partition coefficient (Wildman–Crippen LogP) is 4.14. The van der Waals surface area contributed by atoms with Crippen molar-refractivity contribution in [2.75, 3.05) is 6.26 Å². The molecule has 0 saturated heterocycles. The van der Waals surface area contributed by atoms with E-state index < -0.39 is 5.97 Å². The normalized spacial score (nSPS) is 16.8. The van der Waals surface area contributed by atoms with Crippen molar-refractivity contribution in [1.82, 2.24) is 0 Å². The molecule has 0 radical (unpaired) electrons. The van der Waals surface area contributed by atoms with Gasteiger partial charge in [0.25, 0.3) is 0 Å². The maximum atomic E-state index is 10.9. The summed E-state index contributed by atoms with van der Waals surface area (Å²) in [6.07, 6.45) is 4.61. The Morgan fingerprint density at radius 2 is 2.24 bits per heavy atom. The molecular weight excluding hydrogens is 300 g/mol. The second-order valence-corrected chi connectivity index (χ2v) is 6.26. The summed E-state index contributed by atoms with van der Waals surface area (Å²) in [6.45, 7) is 0. The van der Waals surface area contributed by atoms with Crippen LogP contribution < -0.4 is 0 Å². The number of thioether (sulfide) groups is 1. The first-order valence-electron chi connectivity index (χ1n) is 5.66. The van der Waals surface area contributed by atoms with Gasteiger partial charge in [-0.2, -0.15) is 0 Å². The molecule has 92 valence electrons. The summed E-state index contributed by atoms with van der Waals surface area (Å²) in [5.41, 5.74) is 1.16. The first-order valence-corrected chi connectivity index (χ1v) is 7.68. The molecule has 2 rings (SSSR count). The molecule has 0 heterocycles. The molecule has 1 atom stereocenters. The number of rotatable bonds is 5. The molecule has 1 aliphatic carbocycles. The fraction of sp³-hybridized carbons (Fsp3) is 0.462. The second kappa shape index (κ2) is 5.44. The van der Waals surface area contributed by atoms with Gasteiger partial charge < -0.3 is 5.11 Å². The Labute approximate surface area is 114 Å². The number of hydrogen-bond donors (Lipinski definition) is 1. The summed E-state index contributed by atoms with van der Waals surface area (Å²) in [4.78, 5) is 12.1. The van der Waals surface area contributed by atoms with Crippen molar-refractivity contribution >= 4 is 33.7 Å². The topological polar surface area (TPSA) is 37.3 Å². The maximum absolute atomic E-state index is 10.9. The van der Waals surface area contributed by atoms with Crippen molar-refractivity contribution in [3.05, 3.63) is 28.2 Å². The third-order valence-corrected chi connectivity index (χ3v) is 4.31. The van der Waals surface area contributed by atoms with Crippen LogP contribution in [0.2, 0.25) is 0 Å². The largest absolute Gasteiger partial charge is 0.481 e. The third-order valence-electron chi connectivity index (χ3n) is 3.14. The number of hydrogen-bond acceptors (Lipinski definition) is 2. The molecule has 2 nitrogen and oxygen atoms in total. The SMILES string of the molecule is CSc1cc(Br)cc(C(CC(=O)O)C2CC2)c1. The van der Waals surface area contributed by atoms with Crippen LogP contribution in [0.1, 0.15) is 30.7 Å². The van der Waals surface area contributed by atoms with Gasteiger partial charge in [0.2, 0.25) is 0 Å². The predicted molar refractivity (Wildman–Crippen MR) is 73.6 cm³/mol. The molecule has 1 aromatic rings. The fourth-order valence-electron chi connectivity index (χ4n) is 2.16. The number of carboxylic acid groups (broad SMARTS) is 1. The monoisotopic (exact) mass is 314 g/mol. The molecule has 1 aromatic carbocycles. The van der Waals surface area contributed by atoms with E-state index in [1.54, 1.807) is 11.8 Å². The van der Waals surface area contributed by atoms with Gasteiger partial charge in [-0.1, -0.05) is 15.9 Å². The summed E-state index contributed by atoms with van der Waals surface area (Å²) in [5.74, 6) is 0.0404. The summed E-state index contributed by atoms with van der Waals surface area (Å²) < 4.78 is 1.04. The van der Waals surface area contributed by atoms with Crippen LogP contribution in [0, 0.1) is 5.92 Å². The van der Waals surface area contributed by atoms with Crippen LogP contribution in [0.4, 0.5) is 0 Å². The molecule has 0 spiro atoms. The number of carbonyl (C=O) groups is 1. The van der Waals surface area contributed by atoms with Crippen LogP contribution in [0.3, 0.4) is 0 Å². The Morgan fingerprint density at radius 1 is 1.53 bits per heavy atom. The van der Waals surface area contributed by atoms with E-state index in [9.17, 15) is 4.79 Å². The van der Waals surface area contributed by atoms with E-state index in [-0.39, 0.29) is 12.3 Å². The van der Waals surface area contributed by atoms with Crippen molar-refractivity contribution in [3.8, 4) is 0 Å². The standard InChI is InChI=1S/C13H15BrO2S/c1-17-11-5-9(4-10(14)6-11)12(7-13(15)16)8-2-3-8/h4-6,8,12H,2-3,7H2,1H3,(H,15,16). The minimum Gasteiger partial charge on any atom is -0.481 e. The Morgan fingerprint density at radius 3 is 2.76 bits per heavy atom. The van der Waals surface area contributed by atoms with Gasteiger partial charge >= 0.3 is 5.97 Å². The van der Waals surface area contributed by atoms with E-state index in [0.29, 0.717) is 5.92 Å². The van der Waals surface area contributed by atoms with Crippen molar-refractivity contribution < 1.29 is 9.90 Å². The number of halogens is 1. The fourth-order valence-corrected chi connectivity index (χ4v) is 3.32. The quantitative estimate of drug-likeness (QED) is 0.830. The lowest BCUT2D eigenvalue weighted by atomic mass is 9.91. The van der Waals surface area contributed by atoms with E-state index >= 15 is 0 Å². The van der Waals surface area contributed by atoms with Crippen molar-refractivity contribution in [2.45, 2.75) is 30.1 Å². The molecule has 0 amide bonds. The van der Waals surface area contributed by atoms with Gasteiger partial charge in [0.15, 0.2) is 0 Å². The molecule has 0 aliphatic heterocycles. The minimum absolute atomic E-state index is 0.177. The van der Waals surface area contributed by atoms with Crippen LogP contribution in [-0.2, 0) is 4.79 Å². The summed E-state index contributed by atoms with van der Waals surface area (Å²) in [5, 5.41) is 9.00. The zero-order valence-corrected chi connectivity index (χ0v) is 12.1. The molecule has 1 fully saturated rings. The highest BCUT2D eigenvalue weighted by Gasteiger charge is 2.33. The van der Waals surface area contributed by atoms with E-state index in [0.717, 1.165) is 10.0 Å². The lowest BCUT2D eigenvalue weighted by molar-refractivity contribution is -0.137. The van der Waals surface area contributed by atoms with Gasteiger partial charge in [0.05, 0.1) is 6.42 Å². The molecule has 1 saturated carbocycles. The summed E-state index contributed by atoms with van der Waals surface area (Å²) >= 11 is 5.19. The molecule has 1 N–H and O–H groups in total. The Kier molecular flexibility index (Phi) is 4.15. The molecule has 1 unspecified atom stereocenters. The highest BCUT2D eigenvalue weighted by Crippen LogP contribution is 2.45. The zero-order chi connectivity index (χ0) is 12.4. The number of aliphatic carboxylic acids is 1. The van der Waals surface area contributed by atoms with Gasteiger partial charge in [-0.15, -0.1) is 11.8 Å². The molecule has 1 aliphatic rings. The van der Waals surface area contributed by atoms with Crippen molar-refractivity contribution in [3.63, 3.8) is 0 Å². The molecule has 0 bridgehead atoms. The third kappa shape index (κ3) is 3.49. The van der Waals surface area contributed by atoms with Gasteiger partial charge in [-0.05, 0) is 54.7 Å². The Bertz CT molecular complexity index is 429. The van der Waals surface area contributed by atoms with Crippen molar-refractivity contribution in [2.24, 2.45) is 5.92 Å². The molecular formula is C13H15BrO2S. The lowest BCUT2D eigenvalue weighted by Crippen LogP contribution is -2.08. The van der Waals surface area contributed by atoms with Gasteiger partial charge in [-0.25, -0.2) is 0 Å². The van der Waals surface area contributed by atoms with Gasteiger partial charge in [0.1, 0.15) is 0 Å². The van der Waals surface area contributed by atoms with Crippen LogP contribution in [0.25, 0.3) is 0 Å². The van der Waals surface area contributed by atoms with E-state index in [4.69, 9.17) is 5.11 Å². The average molecular weight is 315 g/mol. The number of benzene rings is 1. The number of carboxylic acids is 1. The lowest BCUT2D eigenvalue weighted by Gasteiger charge is -2.16. The zero-order valence-electron chi connectivity index (χ0n) is 9.65. The van der Waals surface area contributed by atoms with Crippen molar-refractivity contribution in [1.29, 1.82) is 0 Å². The molecule has 0 aromatic heterocycles. The summed E-state index contributed by atoms with van der Waals surface area (Å²) in [7, 11) is 0. The van der Waals surface area contributed by atoms with Crippen LogP contribution in [-0.4, -0.2) is 17.3 Å². The van der Waals surface area contributed by atoms with Gasteiger partial charge in [0, 0.05) is 9.37 Å². The molecule has 4 heteroatoms. The first kappa shape index (κ1) is 13.0. The molecule has 17 heavy (non-hydrogen) atoms. The summed E-state index contributed by atoms with van der Waals surface area (Å²) in [6, 6.07) is 6.26. The highest BCUT2D eigenvalue weighted by molar-refractivity contribution is 9.10. The Balaban J connectivity index is 2.28. The van der Waals surface area contributed by atoms with Crippen LogP contribution >= 0.6 is 27.7 Å².